The summed E-state index contributed by atoms with van der Waals surface area (Å²) in [6, 6.07) is 4.16. The number of rotatable bonds is 3. The zero-order valence-electron chi connectivity index (χ0n) is 9.20. The van der Waals surface area contributed by atoms with Gasteiger partial charge in [-0.25, -0.2) is 4.45 Å². The van der Waals surface area contributed by atoms with E-state index in [4.69, 9.17) is 4.74 Å². The molecule has 6 heteroatoms. The summed E-state index contributed by atoms with van der Waals surface area (Å²) >= 11 is 5.89. The first kappa shape index (κ1) is 12.2. The molecule has 1 aliphatic carbocycles. The van der Waals surface area contributed by atoms with E-state index in [1.54, 1.807) is 0 Å². The molecule has 17 heavy (non-hydrogen) atoms. The fourth-order valence-corrected chi connectivity index (χ4v) is 3.86. The van der Waals surface area contributed by atoms with Crippen LogP contribution in [-0.2, 0) is 0 Å². The average molecular weight is 425 g/mol. The first-order chi connectivity index (χ1) is 8.19. The third kappa shape index (κ3) is 2.34. The van der Waals surface area contributed by atoms with E-state index in [1.807, 2.05) is 11.4 Å². The van der Waals surface area contributed by atoms with Crippen LogP contribution in [0, 0.1) is 6.92 Å². The second kappa shape index (κ2) is 4.67. The Morgan fingerprint density at radius 1 is 1.53 bits per heavy atom. The molecule has 1 saturated carbocycles. The van der Waals surface area contributed by atoms with Crippen molar-refractivity contribution in [2.75, 3.05) is 0 Å². The molecule has 1 aliphatic rings. The van der Waals surface area contributed by atoms with E-state index in [0.717, 1.165) is 26.8 Å². The van der Waals surface area contributed by atoms with Gasteiger partial charge in [-0.1, -0.05) is 15.9 Å². The summed E-state index contributed by atoms with van der Waals surface area (Å²) in [5.41, 5.74) is 2.20. The largest absolute Gasteiger partial charge is 0.490 e. The first-order valence-electron chi connectivity index (χ1n) is 5.41. The molecular formula is C11H11BrIN2OP. The molecule has 0 bridgehead atoms. The Labute approximate surface area is 123 Å². The Balaban J connectivity index is 2.21. The summed E-state index contributed by atoms with van der Waals surface area (Å²) in [4.78, 5) is 0. The zero-order chi connectivity index (χ0) is 12.0. The number of hydrogen-bond donors (Lipinski definition) is 0. The molecule has 2 aromatic rings. The Morgan fingerprint density at radius 3 is 2.94 bits per heavy atom. The standard InChI is InChI=1S/C11H11BrIN2OP/c1-6-11-9(15(14-6)17-13)4-7(12)5-10(11)16-8-2-3-8/h4-5,8,17H,2-3H2,1H3. The Bertz CT molecular complexity index is 582. The third-order valence-corrected chi connectivity index (χ3v) is 5.11. The molecule has 0 saturated heterocycles. The van der Waals surface area contributed by atoms with Gasteiger partial charge in [-0.2, -0.15) is 5.10 Å². The van der Waals surface area contributed by atoms with Crippen LogP contribution in [0.1, 0.15) is 18.5 Å². The fraction of sp³-hybridized carbons (Fsp3) is 0.364. The summed E-state index contributed by atoms with van der Waals surface area (Å²) < 4.78 is 9.07. The molecule has 0 amide bonds. The molecule has 3 nitrogen and oxygen atoms in total. The summed E-state index contributed by atoms with van der Waals surface area (Å²) in [5, 5.41) is 5.72. The van der Waals surface area contributed by atoms with E-state index in [2.05, 4.69) is 55.2 Å². The topological polar surface area (TPSA) is 27.1 Å². The van der Waals surface area contributed by atoms with E-state index >= 15 is 0 Å². The van der Waals surface area contributed by atoms with Crippen molar-refractivity contribution >= 4 is 55.2 Å². The molecule has 1 heterocycles. The maximum absolute atomic E-state index is 5.98. The minimum Gasteiger partial charge on any atom is -0.490 e. The molecule has 0 radical (unpaired) electrons. The van der Waals surface area contributed by atoms with Gasteiger partial charge in [-0.05, 0) is 53.9 Å². The second-order valence-electron chi connectivity index (χ2n) is 4.20. The van der Waals surface area contributed by atoms with Gasteiger partial charge in [0, 0.05) is 4.47 Å². The van der Waals surface area contributed by atoms with Crippen molar-refractivity contribution < 1.29 is 4.74 Å². The lowest BCUT2D eigenvalue weighted by Crippen LogP contribution is -1.96. The van der Waals surface area contributed by atoms with Gasteiger partial charge >= 0.3 is 0 Å². The van der Waals surface area contributed by atoms with E-state index in [9.17, 15) is 0 Å². The minimum absolute atomic E-state index is 0.414. The number of nitrogens with zero attached hydrogens (tertiary/aromatic N) is 2. The van der Waals surface area contributed by atoms with Crippen LogP contribution in [0.2, 0.25) is 0 Å². The summed E-state index contributed by atoms with van der Waals surface area (Å²) in [6.07, 6.45) is 3.37. The van der Waals surface area contributed by atoms with Gasteiger partial charge in [0.1, 0.15) is 5.75 Å². The number of aryl methyl sites for hydroxylation is 1. The molecule has 0 aliphatic heterocycles. The van der Waals surface area contributed by atoms with Gasteiger partial charge in [-0.15, -0.1) is 0 Å². The second-order valence-corrected chi connectivity index (χ2v) is 7.15. The quantitative estimate of drug-likeness (QED) is 0.538. The lowest BCUT2D eigenvalue weighted by atomic mass is 10.2. The predicted octanol–water partition coefficient (Wildman–Crippen LogP) is 4.44. The van der Waals surface area contributed by atoms with Gasteiger partial charge in [0.2, 0.25) is 0 Å². The molecule has 1 fully saturated rings. The average Bonchev–Trinajstić information content (AvgIpc) is 3.03. The van der Waals surface area contributed by atoms with Gasteiger partial charge < -0.3 is 4.74 Å². The number of halogens is 2. The number of ether oxygens (including phenoxy) is 1. The molecule has 0 N–H and O–H groups in total. The minimum atomic E-state index is 0.414. The van der Waals surface area contributed by atoms with Gasteiger partial charge in [0.15, 0.2) is 0 Å². The Kier molecular flexibility index (Phi) is 3.34. The van der Waals surface area contributed by atoms with Crippen LogP contribution in [0.3, 0.4) is 0 Å². The molecule has 90 valence electrons. The highest BCUT2D eigenvalue weighted by atomic mass is 127. The molecule has 0 spiro atoms. The molecular weight excluding hydrogens is 414 g/mol. The SMILES string of the molecule is Cc1nn(PI)c2cc(Br)cc(OC3CC3)c12. The van der Waals surface area contributed by atoms with E-state index in [0.29, 0.717) is 12.5 Å². The van der Waals surface area contributed by atoms with Crippen molar-refractivity contribution in [1.82, 2.24) is 9.55 Å². The highest BCUT2D eigenvalue weighted by molar-refractivity contribution is 14.2. The molecule has 3 rings (SSSR count). The van der Waals surface area contributed by atoms with Crippen molar-refractivity contribution in [1.29, 1.82) is 0 Å². The number of fused-ring (bicyclic) bond motifs is 1. The first-order valence-corrected chi connectivity index (χ1v) is 10.3. The van der Waals surface area contributed by atoms with Crippen LogP contribution >= 0.6 is 44.3 Å². The Hall–Kier alpha value is 0.130. The molecule has 1 unspecified atom stereocenters. The van der Waals surface area contributed by atoms with E-state index in [1.165, 1.54) is 12.8 Å². The van der Waals surface area contributed by atoms with Crippen molar-refractivity contribution in [2.45, 2.75) is 25.9 Å². The highest BCUT2D eigenvalue weighted by Gasteiger charge is 2.25. The number of hydrogen-bond acceptors (Lipinski definition) is 2. The van der Waals surface area contributed by atoms with E-state index in [-0.39, 0.29) is 0 Å². The molecule has 1 aromatic carbocycles. The van der Waals surface area contributed by atoms with E-state index < -0.39 is 0 Å². The third-order valence-electron chi connectivity index (χ3n) is 2.78. The Morgan fingerprint density at radius 2 is 2.29 bits per heavy atom. The van der Waals surface area contributed by atoms with Crippen molar-refractivity contribution in [2.24, 2.45) is 0 Å². The molecule has 1 atom stereocenters. The summed E-state index contributed by atoms with van der Waals surface area (Å²) in [6.45, 7) is 2.04. The van der Waals surface area contributed by atoms with Gasteiger partial charge in [0.25, 0.3) is 0 Å². The van der Waals surface area contributed by atoms with Crippen LogP contribution in [-0.4, -0.2) is 15.7 Å². The zero-order valence-corrected chi connectivity index (χ0v) is 13.9. The van der Waals surface area contributed by atoms with Gasteiger partial charge in [-0.3, -0.25) is 0 Å². The predicted molar refractivity (Wildman–Crippen MR) is 83.6 cm³/mol. The monoisotopic (exact) mass is 424 g/mol. The summed E-state index contributed by atoms with van der Waals surface area (Å²) in [5.74, 6) is 0.968. The lowest BCUT2D eigenvalue weighted by Gasteiger charge is -2.07. The maximum atomic E-state index is 5.98. The van der Waals surface area contributed by atoms with Crippen molar-refractivity contribution in [3.63, 3.8) is 0 Å². The fourth-order valence-electron chi connectivity index (χ4n) is 1.88. The lowest BCUT2D eigenvalue weighted by molar-refractivity contribution is 0.306. The smallest absolute Gasteiger partial charge is 0.132 e. The maximum Gasteiger partial charge on any atom is 0.132 e. The highest BCUT2D eigenvalue weighted by Crippen LogP contribution is 2.39. The van der Waals surface area contributed by atoms with Gasteiger partial charge in [0.05, 0.1) is 29.1 Å². The van der Waals surface area contributed by atoms with Crippen LogP contribution in [0.5, 0.6) is 5.75 Å². The normalized spacial score (nSPS) is 16.2. The van der Waals surface area contributed by atoms with Crippen LogP contribution < -0.4 is 4.74 Å². The van der Waals surface area contributed by atoms with Crippen LogP contribution in [0.25, 0.3) is 10.9 Å². The number of aromatic nitrogens is 2. The molecule has 1 aromatic heterocycles. The van der Waals surface area contributed by atoms with Crippen molar-refractivity contribution in [3.05, 3.63) is 22.3 Å². The number of benzene rings is 1. The van der Waals surface area contributed by atoms with Crippen LogP contribution in [0.4, 0.5) is 0 Å². The van der Waals surface area contributed by atoms with Crippen LogP contribution in [0.15, 0.2) is 16.6 Å². The summed E-state index contributed by atoms with van der Waals surface area (Å²) in [7, 11) is 0. The van der Waals surface area contributed by atoms with Crippen molar-refractivity contribution in [3.8, 4) is 5.75 Å².